The van der Waals surface area contributed by atoms with Crippen LogP contribution in [0, 0.1) is 11.7 Å². The lowest BCUT2D eigenvalue weighted by Crippen LogP contribution is -2.52. The van der Waals surface area contributed by atoms with Crippen molar-refractivity contribution in [2.24, 2.45) is 5.92 Å². The van der Waals surface area contributed by atoms with Gasteiger partial charge in [-0.15, -0.1) is 0 Å². The summed E-state index contributed by atoms with van der Waals surface area (Å²) in [6.45, 7) is 3.19. The largest absolute Gasteiger partial charge is 0.395 e. The number of piperidine rings is 2. The summed E-state index contributed by atoms with van der Waals surface area (Å²) in [6.07, 6.45) is 3.70. The highest BCUT2D eigenvalue weighted by Crippen LogP contribution is 2.34. The number of likely N-dealkylation sites (tertiary alicyclic amines) is 1. The third-order valence-electron chi connectivity index (χ3n) is 4.72. The molecule has 2 heterocycles. The fourth-order valence-electron chi connectivity index (χ4n) is 3.67. The van der Waals surface area contributed by atoms with Crippen LogP contribution in [0.4, 0.5) is 15.8 Å². The summed E-state index contributed by atoms with van der Waals surface area (Å²) in [6, 6.07) is 5.81. The Morgan fingerprint density at radius 2 is 2.11 bits per heavy atom. The standard InChI is InChI=1S/C15H22FN3/c1-18-8-3-4-11-10-19(9-7-13(11)18)14-6-2-5-12(16)15(14)17/h2,5-6,11,13H,3-4,7-10,17H2,1H3. The Morgan fingerprint density at radius 3 is 2.95 bits per heavy atom. The van der Waals surface area contributed by atoms with Crippen molar-refractivity contribution >= 4 is 11.4 Å². The van der Waals surface area contributed by atoms with Gasteiger partial charge in [0.05, 0.1) is 11.4 Å². The average Bonchev–Trinajstić information content (AvgIpc) is 2.42. The average molecular weight is 263 g/mol. The predicted molar refractivity (Wildman–Crippen MR) is 76.8 cm³/mol. The van der Waals surface area contributed by atoms with Crippen LogP contribution in [0.25, 0.3) is 0 Å². The zero-order valence-electron chi connectivity index (χ0n) is 11.5. The maximum atomic E-state index is 13.6. The molecule has 0 aliphatic carbocycles. The quantitative estimate of drug-likeness (QED) is 0.789. The molecule has 0 bridgehead atoms. The lowest BCUT2D eigenvalue weighted by atomic mass is 9.84. The number of rotatable bonds is 1. The first kappa shape index (κ1) is 12.7. The number of halogens is 1. The van der Waals surface area contributed by atoms with E-state index in [1.807, 2.05) is 6.07 Å². The summed E-state index contributed by atoms with van der Waals surface area (Å²) in [7, 11) is 2.23. The van der Waals surface area contributed by atoms with Crippen LogP contribution < -0.4 is 10.6 Å². The van der Waals surface area contributed by atoms with E-state index in [-0.39, 0.29) is 5.82 Å². The number of hydrogen-bond donors (Lipinski definition) is 1. The molecule has 2 fully saturated rings. The van der Waals surface area contributed by atoms with Crippen molar-refractivity contribution in [3.8, 4) is 0 Å². The Balaban J connectivity index is 1.79. The molecule has 4 heteroatoms. The van der Waals surface area contributed by atoms with Crippen LogP contribution >= 0.6 is 0 Å². The summed E-state index contributed by atoms with van der Waals surface area (Å²) in [5.41, 5.74) is 7.05. The van der Waals surface area contributed by atoms with Crippen molar-refractivity contribution in [2.75, 3.05) is 37.3 Å². The number of benzene rings is 1. The molecule has 3 nitrogen and oxygen atoms in total. The van der Waals surface area contributed by atoms with Gasteiger partial charge in [-0.2, -0.15) is 0 Å². The molecular weight excluding hydrogens is 241 g/mol. The molecular formula is C15H22FN3. The molecule has 2 N–H and O–H groups in total. The van der Waals surface area contributed by atoms with Crippen LogP contribution in [0.1, 0.15) is 19.3 Å². The summed E-state index contributed by atoms with van der Waals surface area (Å²) in [5, 5.41) is 0. The smallest absolute Gasteiger partial charge is 0.148 e. The Kier molecular flexibility index (Phi) is 3.35. The van der Waals surface area contributed by atoms with Gasteiger partial charge < -0.3 is 15.5 Å². The van der Waals surface area contributed by atoms with Gasteiger partial charge in [0.15, 0.2) is 0 Å². The number of fused-ring (bicyclic) bond motifs is 1. The zero-order valence-corrected chi connectivity index (χ0v) is 11.5. The molecule has 0 aromatic heterocycles. The van der Waals surface area contributed by atoms with E-state index in [0.717, 1.165) is 25.2 Å². The first-order chi connectivity index (χ1) is 9.16. The Labute approximate surface area is 114 Å². The number of para-hydroxylation sites is 1. The highest BCUT2D eigenvalue weighted by Gasteiger charge is 2.34. The second-order valence-electron chi connectivity index (χ2n) is 5.86. The van der Waals surface area contributed by atoms with Crippen LogP contribution in [0.3, 0.4) is 0 Å². The van der Waals surface area contributed by atoms with Gasteiger partial charge in [0, 0.05) is 19.1 Å². The Morgan fingerprint density at radius 1 is 1.26 bits per heavy atom. The number of nitrogens with zero attached hydrogens (tertiary/aromatic N) is 2. The van der Waals surface area contributed by atoms with E-state index in [9.17, 15) is 4.39 Å². The van der Waals surface area contributed by atoms with Gasteiger partial charge in [-0.05, 0) is 50.9 Å². The van der Waals surface area contributed by atoms with Crippen molar-refractivity contribution < 1.29 is 4.39 Å². The summed E-state index contributed by atoms with van der Waals surface area (Å²) in [4.78, 5) is 4.75. The molecule has 0 radical (unpaired) electrons. The molecule has 1 aromatic rings. The first-order valence-electron chi connectivity index (χ1n) is 7.16. The minimum atomic E-state index is -0.305. The van der Waals surface area contributed by atoms with E-state index in [1.54, 1.807) is 6.07 Å². The highest BCUT2D eigenvalue weighted by atomic mass is 19.1. The van der Waals surface area contributed by atoms with E-state index < -0.39 is 0 Å². The topological polar surface area (TPSA) is 32.5 Å². The van der Waals surface area contributed by atoms with E-state index in [2.05, 4.69) is 16.8 Å². The summed E-state index contributed by atoms with van der Waals surface area (Å²) in [5.74, 6) is 0.385. The van der Waals surface area contributed by atoms with Gasteiger partial charge in [-0.1, -0.05) is 6.07 Å². The molecule has 2 unspecified atom stereocenters. The SMILES string of the molecule is CN1CCCC2CN(c3cccc(F)c3N)CCC21. The van der Waals surface area contributed by atoms with Gasteiger partial charge in [-0.3, -0.25) is 0 Å². The van der Waals surface area contributed by atoms with E-state index in [4.69, 9.17) is 5.73 Å². The number of nitrogen functional groups attached to an aromatic ring is 1. The second kappa shape index (κ2) is 5.00. The molecule has 0 amide bonds. The fourth-order valence-corrected chi connectivity index (χ4v) is 3.67. The molecule has 0 spiro atoms. The van der Waals surface area contributed by atoms with Gasteiger partial charge >= 0.3 is 0 Å². The lowest BCUT2D eigenvalue weighted by molar-refractivity contribution is 0.102. The molecule has 2 aliphatic heterocycles. The van der Waals surface area contributed by atoms with Crippen molar-refractivity contribution in [3.05, 3.63) is 24.0 Å². The minimum absolute atomic E-state index is 0.296. The minimum Gasteiger partial charge on any atom is -0.395 e. The number of hydrogen-bond acceptors (Lipinski definition) is 3. The third kappa shape index (κ3) is 2.29. The van der Waals surface area contributed by atoms with Crippen molar-refractivity contribution in [3.63, 3.8) is 0 Å². The molecule has 2 atom stereocenters. The third-order valence-corrected chi connectivity index (χ3v) is 4.72. The van der Waals surface area contributed by atoms with Crippen molar-refractivity contribution in [2.45, 2.75) is 25.3 Å². The van der Waals surface area contributed by atoms with Crippen LogP contribution in [0.5, 0.6) is 0 Å². The van der Waals surface area contributed by atoms with Gasteiger partial charge in [0.1, 0.15) is 5.82 Å². The fraction of sp³-hybridized carbons (Fsp3) is 0.600. The maximum absolute atomic E-state index is 13.6. The normalized spacial score (nSPS) is 28.2. The predicted octanol–water partition coefficient (Wildman–Crippen LogP) is 2.33. The molecule has 104 valence electrons. The second-order valence-corrected chi connectivity index (χ2v) is 5.86. The van der Waals surface area contributed by atoms with Gasteiger partial charge in [0.25, 0.3) is 0 Å². The summed E-state index contributed by atoms with van der Waals surface area (Å²) < 4.78 is 13.6. The van der Waals surface area contributed by atoms with Crippen molar-refractivity contribution in [1.29, 1.82) is 0 Å². The Hall–Kier alpha value is -1.29. The van der Waals surface area contributed by atoms with Crippen molar-refractivity contribution in [1.82, 2.24) is 4.90 Å². The number of nitrogens with two attached hydrogens (primary N) is 1. The highest BCUT2D eigenvalue weighted by molar-refractivity contribution is 5.68. The van der Waals surface area contributed by atoms with Gasteiger partial charge in [-0.25, -0.2) is 4.39 Å². The monoisotopic (exact) mass is 263 g/mol. The Bertz CT molecular complexity index is 463. The molecule has 19 heavy (non-hydrogen) atoms. The molecule has 1 aromatic carbocycles. The van der Waals surface area contributed by atoms with Crippen LogP contribution in [0.15, 0.2) is 18.2 Å². The molecule has 0 saturated carbocycles. The van der Waals surface area contributed by atoms with Crippen LogP contribution in [0.2, 0.25) is 0 Å². The summed E-state index contributed by atoms with van der Waals surface area (Å²) >= 11 is 0. The van der Waals surface area contributed by atoms with Crippen LogP contribution in [-0.2, 0) is 0 Å². The van der Waals surface area contributed by atoms with Gasteiger partial charge in [0.2, 0.25) is 0 Å². The zero-order chi connectivity index (χ0) is 13.4. The maximum Gasteiger partial charge on any atom is 0.148 e. The first-order valence-corrected chi connectivity index (χ1v) is 7.16. The number of anilines is 2. The lowest BCUT2D eigenvalue weighted by Gasteiger charge is -2.46. The van der Waals surface area contributed by atoms with E-state index in [1.165, 1.54) is 25.5 Å². The van der Waals surface area contributed by atoms with E-state index >= 15 is 0 Å². The molecule has 3 rings (SSSR count). The van der Waals surface area contributed by atoms with Crippen LogP contribution in [-0.4, -0.2) is 37.6 Å². The molecule has 2 saturated heterocycles. The molecule has 2 aliphatic rings. The van der Waals surface area contributed by atoms with E-state index in [0.29, 0.717) is 17.6 Å².